The Balaban J connectivity index is 2.35. The van der Waals surface area contributed by atoms with Gasteiger partial charge in [-0.05, 0) is 24.3 Å². The van der Waals surface area contributed by atoms with Crippen molar-refractivity contribution in [3.63, 3.8) is 0 Å². The third kappa shape index (κ3) is 2.68. The first-order valence-electron chi connectivity index (χ1n) is 6.49. The zero-order chi connectivity index (χ0) is 14.7. The third-order valence-corrected chi connectivity index (χ3v) is 3.97. The fourth-order valence-electron chi connectivity index (χ4n) is 1.99. The molecule has 0 aliphatic carbocycles. The highest BCUT2D eigenvalue weighted by Gasteiger charge is 2.06. The first-order chi connectivity index (χ1) is 10.3. The molecule has 0 saturated carbocycles. The molecule has 1 aromatic carbocycles. The predicted octanol–water partition coefficient (Wildman–Crippen LogP) is 2.88. The van der Waals surface area contributed by atoms with Crippen LogP contribution in [0.25, 0.3) is 10.2 Å². The minimum Gasteiger partial charge on any atom is -0.280 e. The van der Waals surface area contributed by atoms with Gasteiger partial charge in [0.15, 0.2) is 4.80 Å². The van der Waals surface area contributed by atoms with Gasteiger partial charge in [0, 0.05) is 12.7 Å². The summed E-state index contributed by atoms with van der Waals surface area (Å²) < 4.78 is 1.62. The van der Waals surface area contributed by atoms with Gasteiger partial charge in [-0.15, -0.1) is 6.58 Å². The minimum absolute atomic E-state index is 0.0913. The second-order valence-electron chi connectivity index (χ2n) is 4.39. The lowest BCUT2D eigenvalue weighted by molar-refractivity contribution is 0.758. The highest BCUT2D eigenvalue weighted by molar-refractivity contribution is 7.15. The molecule has 104 valence electrons. The van der Waals surface area contributed by atoms with E-state index < -0.39 is 0 Å². The Morgan fingerprint density at radius 1 is 1.24 bits per heavy atom. The lowest BCUT2D eigenvalue weighted by Gasteiger charge is -2.04. The molecule has 0 bridgehead atoms. The lowest BCUT2D eigenvalue weighted by Crippen LogP contribution is -2.31. The van der Waals surface area contributed by atoms with Gasteiger partial charge in [0.2, 0.25) is 0 Å². The largest absolute Gasteiger partial charge is 0.280 e. The van der Waals surface area contributed by atoms with E-state index in [0.29, 0.717) is 21.6 Å². The Morgan fingerprint density at radius 3 is 2.81 bits per heavy atom. The smallest absolute Gasteiger partial charge is 0.263 e. The molecule has 21 heavy (non-hydrogen) atoms. The molecule has 0 amide bonds. The van der Waals surface area contributed by atoms with Gasteiger partial charge in [-0.2, -0.15) is 0 Å². The van der Waals surface area contributed by atoms with E-state index in [4.69, 9.17) is 0 Å². The molecular formula is C16H13N3OS. The number of fused-ring (bicyclic) bond motifs is 1. The Hall–Kier alpha value is -2.53. The second kappa shape index (κ2) is 5.85. The van der Waals surface area contributed by atoms with E-state index in [1.807, 2.05) is 30.3 Å². The summed E-state index contributed by atoms with van der Waals surface area (Å²) in [5, 5.41) is 0.608. The van der Waals surface area contributed by atoms with Crippen molar-refractivity contribution in [1.82, 2.24) is 9.55 Å². The number of hydrogen-bond acceptors (Lipinski definition) is 4. The highest BCUT2D eigenvalue weighted by atomic mass is 32.1. The van der Waals surface area contributed by atoms with Crippen molar-refractivity contribution in [2.24, 2.45) is 4.99 Å². The molecule has 3 aromatic rings. The molecule has 4 nitrogen and oxygen atoms in total. The number of allylic oxidation sites excluding steroid dienone is 1. The van der Waals surface area contributed by atoms with Crippen LogP contribution in [0.15, 0.2) is 71.1 Å². The van der Waals surface area contributed by atoms with Crippen molar-refractivity contribution in [2.45, 2.75) is 6.54 Å². The van der Waals surface area contributed by atoms with Gasteiger partial charge in [0.1, 0.15) is 4.83 Å². The molecule has 3 rings (SSSR count). The topological polar surface area (TPSA) is 47.2 Å². The van der Waals surface area contributed by atoms with Crippen LogP contribution in [-0.4, -0.2) is 9.55 Å². The molecule has 5 heteroatoms. The lowest BCUT2D eigenvalue weighted by atomic mass is 10.3. The Kier molecular flexibility index (Phi) is 3.75. The zero-order valence-corrected chi connectivity index (χ0v) is 12.1. The van der Waals surface area contributed by atoms with Crippen LogP contribution in [0.1, 0.15) is 0 Å². The maximum Gasteiger partial charge on any atom is 0.263 e. The van der Waals surface area contributed by atoms with Crippen LogP contribution < -0.4 is 10.4 Å². The molecule has 0 unspecified atom stereocenters. The number of pyridine rings is 1. The number of aromatic nitrogens is 2. The summed E-state index contributed by atoms with van der Waals surface area (Å²) in [6.07, 6.45) is 3.38. The summed E-state index contributed by atoms with van der Waals surface area (Å²) >= 11 is 1.40. The first kappa shape index (κ1) is 13.5. The molecule has 0 aliphatic heterocycles. The number of para-hydroxylation sites is 1. The van der Waals surface area contributed by atoms with E-state index in [9.17, 15) is 4.79 Å². The van der Waals surface area contributed by atoms with E-state index >= 15 is 0 Å². The van der Waals surface area contributed by atoms with E-state index in [2.05, 4.69) is 16.6 Å². The standard InChI is InChI=1S/C16H13N3OS/c1-2-11-19-15(20)13-9-6-10-17-14(13)21-16(19)18-12-7-4-3-5-8-12/h2-10H,1,11H2/b18-16-. The van der Waals surface area contributed by atoms with Gasteiger partial charge < -0.3 is 0 Å². The van der Waals surface area contributed by atoms with Crippen LogP contribution in [0, 0.1) is 0 Å². The number of rotatable bonds is 3. The number of hydrogen-bond donors (Lipinski definition) is 0. The Labute approximate surface area is 125 Å². The van der Waals surface area contributed by atoms with Gasteiger partial charge in [-0.25, -0.2) is 9.98 Å². The van der Waals surface area contributed by atoms with Gasteiger partial charge in [-0.3, -0.25) is 9.36 Å². The molecule has 2 heterocycles. The Morgan fingerprint density at radius 2 is 2.05 bits per heavy atom. The fourth-order valence-corrected chi connectivity index (χ4v) is 2.97. The summed E-state index contributed by atoms with van der Waals surface area (Å²) in [4.78, 5) is 22.7. The summed E-state index contributed by atoms with van der Waals surface area (Å²) in [6.45, 7) is 4.14. The monoisotopic (exact) mass is 295 g/mol. The molecule has 2 aromatic heterocycles. The molecule has 0 aliphatic rings. The Bertz CT molecular complexity index is 910. The van der Waals surface area contributed by atoms with Crippen molar-refractivity contribution in [1.29, 1.82) is 0 Å². The molecule has 0 N–H and O–H groups in total. The highest BCUT2D eigenvalue weighted by Crippen LogP contribution is 2.11. The predicted molar refractivity (Wildman–Crippen MR) is 85.7 cm³/mol. The maximum atomic E-state index is 12.6. The zero-order valence-electron chi connectivity index (χ0n) is 11.3. The van der Waals surface area contributed by atoms with Crippen LogP contribution in [-0.2, 0) is 6.54 Å². The summed E-state index contributed by atoms with van der Waals surface area (Å²) in [7, 11) is 0. The van der Waals surface area contributed by atoms with E-state index in [-0.39, 0.29) is 5.56 Å². The van der Waals surface area contributed by atoms with Crippen molar-refractivity contribution in [3.8, 4) is 0 Å². The van der Waals surface area contributed by atoms with Gasteiger partial charge in [-0.1, -0.05) is 35.6 Å². The van der Waals surface area contributed by atoms with Gasteiger partial charge >= 0.3 is 0 Å². The average molecular weight is 295 g/mol. The summed E-state index contributed by atoms with van der Waals surface area (Å²) in [6, 6.07) is 13.1. The normalized spacial score (nSPS) is 11.7. The molecule has 0 atom stereocenters. The van der Waals surface area contributed by atoms with Crippen molar-refractivity contribution in [2.75, 3.05) is 0 Å². The first-order valence-corrected chi connectivity index (χ1v) is 7.30. The fraction of sp³-hybridized carbons (Fsp3) is 0.0625. The van der Waals surface area contributed by atoms with Crippen LogP contribution in [0.3, 0.4) is 0 Å². The van der Waals surface area contributed by atoms with E-state index in [0.717, 1.165) is 5.69 Å². The van der Waals surface area contributed by atoms with Crippen molar-refractivity contribution < 1.29 is 0 Å². The van der Waals surface area contributed by atoms with Gasteiger partial charge in [0.05, 0.1) is 11.1 Å². The second-order valence-corrected chi connectivity index (χ2v) is 5.35. The third-order valence-electron chi connectivity index (χ3n) is 2.96. The quantitative estimate of drug-likeness (QED) is 0.698. The van der Waals surface area contributed by atoms with Crippen molar-refractivity contribution in [3.05, 3.63) is 76.5 Å². The van der Waals surface area contributed by atoms with Gasteiger partial charge in [0.25, 0.3) is 5.56 Å². The van der Waals surface area contributed by atoms with Crippen molar-refractivity contribution >= 4 is 27.2 Å². The summed E-state index contributed by atoms with van der Waals surface area (Å²) in [5.74, 6) is 0. The number of benzene rings is 1. The maximum absolute atomic E-state index is 12.6. The summed E-state index contributed by atoms with van der Waals surface area (Å²) in [5.41, 5.74) is 0.715. The number of nitrogens with zero attached hydrogens (tertiary/aromatic N) is 3. The molecule has 0 saturated heterocycles. The average Bonchev–Trinajstić information content (AvgIpc) is 2.52. The molecule has 0 radical (unpaired) electrons. The van der Waals surface area contributed by atoms with Crippen LogP contribution in [0.2, 0.25) is 0 Å². The minimum atomic E-state index is -0.0913. The SMILES string of the molecule is C=CCn1c(=O)c2cccnc2s/c1=N\c1ccccc1. The molecule has 0 spiro atoms. The van der Waals surface area contributed by atoms with Crippen LogP contribution in [0.5, 0.6) is 0 Å². The van der Waals surface area contributed by atoms with E-state index in [1.54, 1.807) is 29.0 Å². The van der Waals surface area contributed by atoms with E-state index in [1.165, 1.54) is 11.3 Å². The molecule has 0 fully saturated rings. The van der Waals surface area contributed by atoms with Crippen LogP contribution in [0.4, 0.5) is 5.69 Å². The van der Waals surface area contributed by atoms with Crippen LogP contribution >= 0.6 is 11.3 Å². The molecular weight excluding hydrogens is 282 g/mol.